The number of nitrogens with two attached hydrogens (primary N) is 1. The number of rotatable bonds is 5. The summed E-state index contributed by atoms with van der Waals surface area (Å²) in [4.78, 5) is 4.33. The molecule has 2 rings (SSSR count). The van der Waals surface area contributed by atoms with Crippen molar-refractivity contribution in [3.63, 3.8) is 0 Å². The Hall–Kier alpha value is -1.09. The smallest absolute Gasteiger partial charge is 0.128 e. The van der Waals surface area contributed by atoms with Gasteiger partial charge in [0.1, 0.15) is 5.82 Å². The Morgan fingerprint density at radius 2 is 2.33 bits per heavy atom. The monoisotopic (exact) mass is 205 g/mol. The van der Waals surface area contributed by atoms with Gasteiger partial charge in [-0.1, -0.05) is 6.07 Å². The van der Waals surface area contributed by atoms with Crippen LogP contribution in [0.15, 0.2) is 18.3 Å². The summed E-state index contributed by atoms with van der Waals surface area (Å²) in [6.45, 7) is 3.89. The largest absolute Gasteiger partial charge is 0.369 e. The fourth-order valence-electron chi connectivity index (χ4n) is 1.94. The molecule has 3 heteroatoms. The fraction of sp³-hybridized carbons (Fsp3) is 0.583. The molecule has 15 heavy (non-hydrogen) atoms. The summed E-state index contributed by atoms with van der Waals surface area (Å²) in [5.41, 5.74) is 7.29. The molecule has 3 N–H and O–H groups in total. The maximum absolute atomic E-state index is 5.61. The van der Waals surface area contributed by atoms with Crippen molar-refractivity contribution < 1.29 is 0 Å². The topological polar surface area (TPSA) is 50.9 Å². The lowest BCUT2D eigenvalue weighted by Crippen LogP contribution is -2.19. The zero-order valence-electron chi connectivity index (χ0n) is 9.29. The van der Waals surface area contributed by atoms with Gasteiger partial charge in [-0.3, -0.25) is 0 Å². The molecule has 0 spiro atoms. The summed E-state index contributed by atoms with van der Waals surface area (Å²) in [5, 5.41) is 3.43. The Morgan fingerprint density at radius 1 is 1.53 bits per heavy atom. The number of pyridine rings is 1. The van der Waals surface area contributed by atoms with E-state index < -0.39 is 0 Å². The molecule has 0 amide bonds. The second-order valence-corrected chi connectivity index (χ2v) is 4.56. The molecule has 0 radical (unpaired) electrons. The predicted octanol–water partition coefficient (Wildman–Crippen LogP) is 1.93. The quantitative estimate of drug-likeness (QED) is 0.772. The normalized spacial score (nSPS) is 17.5. The van der Waals surface area contributed by atoms with E-state index >= 15 is 0 Å². The molecule has 1 aliphatic rings. The molecule has 0 saturated heterocycles. The maximum Gasteiger partial charge on any atom is 0.128 e. The molecular formula is C12H19N3. The number of hydrogen-bond acceptors (Lipinski definition) is 3. The molecule has 1 aromatic heterocycles. The number of aromatic nitrogens is 1. The lowest BCUT2D eigenvalue weighted by molar-refractivity contribution is 0.500. The molecule has 82 valence electrons. The number of anilines is 1. The SMILES string of the molecule is Cc1cccnc1NCC1(CCN)CC1. The first-order valence-corrected chi connectivity index (χ1v) is 5.61. The van der Waals surface area contributed by atoms with Gasteiger partial charge < -0.3 is 11.1 Å². The molecule has 0 aromatic carbocycles. The minimum Gasteiger partial charge on any atom is -0.369 e. The van der Waals surface area contributed by atoms with Crippen molar-refractivity contribution in [3.8, 4) is 0 Å². The average molecular weight is 205 g/mol. The van der Waals surface area contributed by atoms with Crippen LogP contribution in [-0.4, -0.2) is 18.1 Å². The molecule has 0 atom stereocenters. The van der Waals surface area contributed by atoms with E-state index in [1.165, 1.54) is 18.4 Å². The van der Waals surface area contributed by atoms with E-state index in [1.54, 1.807) is 0 Å². The van der Waals surface area contributed by atoms with E-state index in [0.29, 0.717) is 5.41 Å². The van der Waals surface area contributed by atoms with Gasteiger partial charge in [-0.05, 0) is 49.8 Å². The maximum atomic E-state index is 5.61. The number of hydrogen-bond donors (Lipinski definition) is 2. The van der Waals surface area contributed by atoms with E-state index in [0.717, 1.165) is 25.3 Å². The van der Waals surface area contributed by atoms with Gasteiger partial charge in [0.05, 0.1) is 0 Å². The Balaban J connectivity index is 1.91. The Bertz CT molecular complexity index is 331. The van der Waals surface area contributed by atoms with Crippen molar-refractivity contribution in [2.75, 3.05) is 18.4 Å². The molecular weight excluding hydrogens is 186 g/mol. The highest BCUT2D eigenvalue weighted by Crippen LogP contribution is 2.48. The minimum absolute atomic E-state index is 0.471. The van der Waals surface area contributed by atoms with Gasteiger partial charge in [-0.15, -0.1) is 0 Å². The molecule has 0 unspecified atom stereocenters. The summed E-state index contributed by atoms with van der Waals surface area (Å²) in [6.07, 6.45) is 5.58. The van der Waals surface area contributed by atoms with Gasteiger partial charge >= 0.3 is 0 Å². The predicted molar refractivity (Wildman–Crippen MR) is 62.8 cm³/mol. The Kier molecular flexibility index (Phi) is 2.91. The van der Waals surface area contributed by atoms with Crippen LogP contribution in [0, 0.1) is 12.3 Å². The summed E-state index contributed by atoms with van der Waals surface area (Å²) in [5.74, 6) is 1.01. The van der Waals surface area contributed by atoms with Crippen LogP contribution in [0.1, 0.15) is 24.8 Å². The molecule has 3 nitrogen and oxygen atoms in total. The third-order valence-electron chi connectivity index (χ3n) is 3.27. The van der Waals surface area contributed by atoms with Gasteiger partial charge in [0.25, 0.3) is 0 Å². The molecule has 1 saturated carbocycles. The van der Waals surface area contributed by atoms with Gasteiger partial charge in [0.2, 0.25) is 0 Å². The van der Waals surface area contributed by atoms with Crippen molar-refractivity contribution in [2.24, 2.45) is 11.1 Å². The van der Waals surface area contributed by atoms with Crippen LogP contribution < -0.4 is 11.1 Å². The lowest BCUT2D eigenvalue weighted by atomic mass is 10.0. The standard InChI is InChI=1S/C12H19N3/c1-10-3-2-8-14-11(10)15-9-12(4-5-12)6-7-13/h2-3,8H,4-7,9,13H2,1H3,(H,14,15). The molecule has 0 bridgehead atoms. The first-order chi connectivity index (χ1) is 7.26. The van der Waals surface area contributed by atoms with Crippen molar-refractivity contribution in [2.45, 2.75) is 26.2 Å². The first-order valence-electron chi connectivity index (χ1n) is 5.61. The first kappa shape index (κ1) is 10.4. The second kappa shape index (κ2) is 4.19. The van der Waals surface area contributed by atoms with Crippen LogP contribution in [0.2, 0.25) is 0 Å². The summed E-state index contributed by atoms with van der Waals surface area (Å²) in [6, 6.07) is 4.05. The number of nitrogens with zero attached hydrogens (tertiary/aromatic N) is 1. The second-order valence-electron chi connectivity index (χ2n) is 4.56. The summed E-state index contributed by atoms with van der Waals surface area (Å²) < 4.78 is 0. The highest BCUT2D eigenvalue weighted by molar-refractivity contribution is 5.42. The fourth-order valence-corrected chi connectivity index (χ4v) is 1.94. The van der Waals surface area contributed by atoms with Crippen LogP contribution in [0.4, 0.5) is 5.82 Å². The van der Waals surface area contributed by atoms with E-state index in [2.05, 4.69) is 23.3 Å². The summed E-state index contributed by atoms with van der Waals surface area (Å²) in [7, 11) is 0. The van der Waals surface area contributed by atoms with Crippen LogP contribution in [-0.2, 0) is 0 Å². The average Bonchev–Trinajstić information content (AvgIpc) is 2.98. The van der Waals surface area contributed by atoms with Gasteiger partial charge in [-0.2, -0.15) is 0 Å². The third-order valence-corrected chi connectivity index (χ3v) is 3.27. The zero-order chi connectivity index (χ0) is 10.7. The van der Waals surface area contributed by atoms with E-state index in [-0.39, 0.29) is 0 Å². The third kappa shape index (κ3) is 2.48. The lowest BCUT2D eigenvalue weighted by Gasteiger charge is -2.16. The van der Waals surface area contributed by atoms with Crippen molar-refractivity contribution in [3.05, 3.63) is 23.9 Å². The summed E-state index contributed by atoms with van der Waals surface area (Å²) >= 11 is 0. The van der Waals surface area contributed by atoms with Crippen LogP contribution in [0.5, 0.6) is 0 Å². The minimum atomic E-state index is 0.471. The van der Waals surface area contributed by atoms with Crippen molar-refractivity contribution in [1.82, 2.24) is 4.98 Å². The molecule has 1 fully saturated rings. The molecule has 1 aromatic rings. The van der Waals surface area contributed by atoms with Gasteiger partial charge in [0.15, 0.2) is 0 Å². The highest BCUT2D eigenvalue weighted by Gasteiger charge is 2.41. The van der Waals surface area contributed by atoms with Crippen molar-refractivity contribution >= 4 is 5.82 Å². The number of nitrogens with one attached hydrogen (secondary N) is 1. The molecule has 0 aliphatic heterocycles. The van der Waals surface area contributed by atoms with E-state index in [4.69, 9.17) is 5.73 Å². The van der Waals surface area contributed by atoms with Gasteiger partial charge in [-0.25, -0.2) is 4.98 Å². The van der Waals surface area contributed by atoms with Gasteiger partial charge in [0, 0.05) is 12.7 Å². The van der Waals surface area contributed by atoms with Crippen LogP contribution in [0.25, 0.3) is 0 Å². The van der Waals surface area contributed by atoms with E-state index in [1.807, 2.05) is 12.3 Å². The molecule has 1 heterocycles. The van der Waals surface area contributed by atoms with Crippen LogP contribution in [0.3, 0.4) is 0 Å². The zero-order valence-corrected chi connectivity index (χ0v) is 9.29. The van der Waals surface area contributed by atoms with Crippen molar-refractivity contribution in [1.29, 1.82) is 0 Å². The molecule has 1 aliphatic carbocycles. The Morgan fingerprint density at radius 3 is 2.93 bits per heavy atom. The Labute approximate surface area is 91.1 Å². The van der Waals surface area contributed by atoms with E-state index in [9.17, 15) is 0 Å². The van der Waals surface area contributed by atoms with Crippen LogP contribution >= 0.6 is 0 Å². The highest BCUT2D eigenvalue weighted by atomic mass is 15.0. The number of aryl methyl sites for hydroxylation is 1.